The molecule has 0 atom stereocenters. The molecule has 0 aliphatic rings. The van der Waals surface area contributed by atoms with Crippen LogP contribution in [0.3, 0.4) is 0 Å². The number of aromatic nitrogens is 3. The topological polar surface area (TPSA) is 98.1 Å². The Balaban J connectivity index is 1.54. The number of thioether (sulfide) groups is 1. The number of benzene rings is 2. The average molecular weight is 415 g/mol. The first-order valence-electron chi connectivity index (χ1n) is 8.49. The number of methoxy groups -OCH3 is 1. The zero-order chi connectivity index (χ0) is 20.8. The Bertz CT molecular complexity index is 1020. The molecule has 0 saturated carbocycles. The van der Waals surface area contributed by atoms with E-state index in [1.54, 1.807) is 18.7 Å². The second-order valence-electron chi connectivity index (χ2n) is 5.90. The van der Waals surface area contributed by atoms with E-state index in [-0.39, 0.29) is 11.3 Å². The largest absolute Gasteiger partial charge is 0.497 e. The Labute approximate surface area is 170 Å². The number of rotatable bonds is 6. The van der Waals surface area contributed by atoms with E-state index in [0.29, 0.717) is 16.7 Å². The molecule has 29 heavy (non-hydrogen) atoms. The first-order valence-corrected chi connectivity index (χ1v) is 9.48. The minimum atomic E-state index is -0.540. The molecule has 8 nitrogen and oxygen atoms in total. The van der Waals surface area contributed by atoms with Crippen LogP contribution in [0.25, 0.3) is 11.4 Å². The minimum absolute atomic E-state index is 0.0216. The Morgan fingerprint density at radius 3 is 2.62 bits per heavy atom. The Morgan fingerprint density at radius 1 is 1.14 bits per heavy atom. The molecule has 1 heterocycles. The summed E-state index contributed by atoms with van der Waals surface area (Å²) in [6.45, 7) is 0. The normalized spacial score (nSPS) is 10.4. The van der Waals surface area contributed by atoms with E-state index in [2.05, 4.69) is 21.0 Å². The molecule has 2 amide bonds. The number of ether oxygens (including phenoxy) is 1. The van der Waals surface area contributed by atoms with Gasteiger partial charge in [0.05, 0.1) is 12.9 Å². The number of nitrogens with one attached hydrogen (secondary N) is 2. The van der Waals surface area contributed by atoms with Crippen LogP contribution < -0.4 is 15.6 Å². The van der Waals surface area contributed by atoms with Gasteiger partial charge in [0.2, 0.25) is 5.91 Å². The summed E-state index contributed by atoms with van der Waals surface area (Å²) in [7, 11) is 3.38. The lowest BCUT2D eigenvalue weighted by Crippen LogP contribution is -2.42. The maximum absolute atomic E-state index is 12.9. The highest BCUT2D eigenvalue weighted by molar-refractivity contribution is 7.99. The molecule has 0 aliphatic heterocycles. The Kier molecular flexibility index (Phi) is 6.45. The second-order valence-corrected chi connectivity index (χ2v) is 6.84. The van der Waals surface area contributed by atoms with Crippen LogP contribution in [0.2, 0.25) is 0 Å². The highest BCUT2D eigenvalue weighted by Crippen LogP contribution is 2.25. The number of halogens is 1. The van der Waals surface area contributed by atoms with Crippen LogP contribution in [-0.2, 0) is 11.8 Å². The average Bonchev–Trinajstić information content (AvgIpc) is 3.11. The third-order valence-electron chi connectivity index (χ3n) is 3.92. The molecule has 0 fully saturated rings. The molecule has 2 aromatic carbocycles. The molecule has 0 radical (unpaired) electrons. The van der Waals surface area contributed by atoms with Gasteiger partial charge in [-0.15, -0.1) is 10.2 Å². The lowest BCUT2D eigenvalue weighted by molar-refractivity contribution is -0.119. The monoisotopic (exact) mass is 415 g/mol. The van der Waals surface area contributed by atoms with Gasteiger partial charge in [0.1, 0.15) is 11.6 Å². The van der Waals surface area contributed by atoms with Gasteiger partial charge in [-0.3, -0.25) is 20.4 Å². The van der Waals surface area contributed by atoms with Crippen molar-refractivity contribution in [1.82, 2.24) is 25.6 Å². The van der Waals surface area contributed by atoms with E-state index in [9.17, 15) is 14.0 Å². The fourth-order valence-electron chi connectivity index (χ4n) is 2.42. The molecule has 0 bridgehead atoms. The van der Waals surface area contributed by atoms with Crippen molar-refractivity contribution >= 4 is 23.6 Å². The quantitative estimate of drug-likeness (QED) is 0.473. The maximum Gasteiger partial charge on any atom is 0.269 e. The number of carbonyl (C=O) groups is 2. The van der Waals surface area contributed by atoms with Gasteiger partial charge >= 0.3 is 0 Å². The van der Waals surface area contributed by atoms with Crippen LogP contribution in [0.1, 0.15) is 10.4 Å². The standard InChI is InChI=1S/C19H18FN5O3S/c1-25-17(13-4-3-5-15(10-13)28-2)22-24-19(25)29-11-16(26)21-23-18(27)12-6-8-14(20)9-7-12/h3-10H,11H2,1-2H3,(H,21,26)(H,23,27). The first kappa shape index (κ1) is 20.3. The number of hydrogen-bond donors (Lipinski definition) is 2. The van der Waals surface area contributed by atoms with Crippen molar-refractivity contribution in [3.05, 3.63) is 59.9 Å². The summed E-state index contributed by atoms with van der Waals surface area (Å²) in [5.41, 5.74) is 5.66. The molecule has 150 valence electrons. The van der Waals surface area contributed by atoms with Gasteiger partial charge in [-0.1, -0.05) is 23.9 Å². The fourth-order valence-corrected chi connectivity index (χ4v) is 3.13. The maximum atomic E-state index is 12.9. The molecule has 0 unspecified atom stereocenters. The number of nitrogens with zero attached hydrogens (tertiary/aromatic N) is 3. The van der Waals surface area contributed by atoms with Crippen LogP contribution in [0.4, 0.5) is 4.39 Å². The Hall–Kier alpha value is -3.40. The number of hydrazine groups is 1. The van der Waals surface area contributed by atoms with Gasteiger partial charge in [0, 0.05) is 18.2 Å². The SMILES string of the molecule is COc1cccc(-c2nnc(SCC(=O)NNC(=O)c3ccc(F)cc3)n2C)c1. The molecule has 3 rings (SSSR count). The van der Waals surface area contributed by atoms with E-state index in [0.717, 1.165) is 5.56 Å². The molecular weight excluding hydrogens is 397 g/mol. The molecular formula is C19H18FN5O3S. The van der Waals surface area contributed by atoms with Gasteiger partial charge in [-0.05, 0) is 36.4 Å². The van der Waals surface area contributed by atoms with E-state index in [4.69, 9.17) is 4.74 Å². The van der Waals surface area contributed by atoms with Crippen LogP contribution in [0, 0.1) is 5.82 Å². The third-order valence-corrected chi connectivity index (χ3v) is 4.94. The van der Waals surface area contributed by atoms with Crippen LogP contribution in [0.15, 0.2) is 53.7 Å². The molecule has 0 spiro atoms. The van der Waals surface area contributed by atoms with Gasteiger partial charge in [0.25, 0.3) is 5.91 Å². The van der Waals surface area contributed by atoms with Crippen molar-refractivity contribution in [2.75, 3.05) is 12.9 Å². The predicted molar refractivity (Wildman–Crippen MR) is 106 cm³/mol. The van der Waals surface area contributed by atoms with Crippen LogP contribution in [0.5, 0.6) is 5.75 Å². The smallest absolute Gasteiger partial charge is 0.269 e. The van der Waals surface area contributed by atoms with Gasteiger partial charge in [-0.2, -0.15) is 0 Å². The highest BCUT2D eigenvalue weighted by atomic mass is 32.2. The van der Waals surface area contributed by atoms with Crippen molar-refractivity contribution in [3.8, 4) is 17.1 Å². The highest BCUT2D eigenvalue weighted by Gasteiger charge is 2.14. The van der Waals surface area contributed by atoms with Crippen molar-refractivity contribution < 1.29 is 18.7 Å². The molecule has 10 heteroatoms. The van der Waals surface area contributed by atoms with E-state index >= 15 is 0 Å². The lowest BCUT2D eigenvalue weighted by Gasteiger charge is -2.08. The summed E-state index contributed by atoms with van der Waals surface area (Å²) < 4.78 is 19.9. The number of carbonyl (C=O) groups excluding carboxylic acids is 2. The molecule has 2 N–H and O–H groups in total. The second kappa shape index (κ2) is 9.20. The summed E-state index contributed by atoms with van der Waals surface area (Å²) in [5, 5.41) is 8.81. The predicted octanol–water partition coefficient (Wildman–Crippen LogP) is 2.18. The minimum Gasteiger partial charge on any atom is -0.497 e. The summed E-state index contributed by atoms with van der Waals surface area (Å²) >= 11 is 1.18. The van der Waals surface area contributed by atoms with Crippen molar-refractivity contribution in [2.24, 2.45) is 7.05 Å². The van der Waals surface area contributed by atoms with E-state index < -0.39 is 17.6 Å². The number of hydrogen-bond acceptors (Lipinski definition) is 6. The van der Waals surface area contributed by atoms with Gasteiger partial charge in [-0.25, -0.2) is 4.39 Å². The Morgan fingerprint density at radius 2 is 1.90 bits per heavy atom. The van der Waals surface area contributed by atoms with Crippen LogP contribution >= 0.6 is 11.8 Å². The third kappa shape index (κ3) is 5.11. The van der Waals surface area contributed by atoms with Gasteiger partial charge in [0.15, 0.2) is 11.0 Å². The van der Waals surface area contributed by atoms with E-state index in [1.807, 2.05) is 24.3 Å². The summed E-state index contributed by atoms with van der Waals surface area (Å²) in [4.78, 5) is 23.9. The summed E-state index contributed by atoms with van der Waals surface area (Å²) in [5.74, 6) is -0.0431. The molecule has 0 saturated heterocycles. The summed E-state index contributed by atoms with van der Waals surface area (Å²) in [6, 6.07) is 12.4. The molecule has 3 aromatic rings. The van der Waals surface area contributed by atoms with E-state index in [1.165, 1.54) is 36.0 Å². The number of amides is 2. The van der Waals surface area contributed by atoms with Crippen molar-refractivity contribution in [2.45, 2.75) is 5.16 Å². The molecule has 0 aliphatic carbocycles. The van der Waals surface area contributed by atoms with Crippen molar-refractivity contribution in [1.29, 1.82) is 0 Å². The van der Waals surface area contributed by atoms with Crippen molar-refractivity contribution in [3.63, 3.8) is 0 Å². The lowest BCUT2D eigenvalue weighted by atomic mass is 10.2. The van der Waals surface area contributed by atoms with Gasteiger partial charge < -0.3 is 9.30 Å². The summed E-state index contributed by atoms with van der Waals surface area (Å²) in [6.07, 6.45) is 0. The first-order chi connectivity index (χ1) is 14.0. The zero-order valence-corrected chi connectivity index (χ0v) is 16.5. The zero-order valence-electron chi connectivity index (χ0n) is 15.7. The fraction of sp³-hybridized carbons (Fsp3) is 0.158. The molecule has 1 aromatic heterocycles. The van der Waals surface area contributed by atoms with Crippen LogP contribution in [-0.4, -0.2) is 39.4 Å².